The van der Waals surface area contributed by atoms with Crippen molar-refractivity contribution in [3.8, 4) is 0 Å². The van der Waals surface area contributed by atoms with Crippen molar-refractivity contribution in [1.82, 2.24) is 9.55 Å². The van der Waals surface area contributed by atoms with Crippen LogP contribution in [0.1, 0.15) is 6.23 Å². The maximum absolute atomic E-state index is 11.7. The fourth-order valence-corrected chi connectivity index (χ4v) is 4.79. The van der Waals surface area contributed by atoms with E-state index in [9.17, 15) is 32.8 Å². The molecule has 1 aliphatic rings. The number of H-pyrrole nitrogens is 1. The molecule has 25 heavy (non-hydrogen) atoms. The number of rotatable bonds is 5. The molecule has 2 heterocycles. The summed E-state index contributed by atoms with van der Waals surface area (Å²) in [5, 5.41) is 20.3. The predicted octanol–water partition coefficient (Wildman–Crippen LogP) is -2.78. The molecule has 1 aromatic heterocycles. The van der Waals surface area contributed by atoms with Crippen LogP contribution in [0.25, 0.3) is 0 Å². The largest absolute Gasteiger partial charge is 0.387 e. The minimum absolute atomic E-state index is 0.449. The minimum Gasteiger partial charge on any atom is -0.387 e. The summed E-state index contributed by atoms with van der Waals surface area (Å²) in [7, 11) is -9.11. The van der Waals surface area contributed by atoms with Gasteiger partial charge < -0.3 is 24.7 Å². The van der Waals surface area contributed by atoms with Gasteiger partial charge in [0, 0.05) is 17.7 Å². The van der Waals surface area contributed by atoms with Crippen molar-refractivity contribution >= 4 is 17.4 Å². The van der Waals surface area contributed by atoms with Crippen LogP contribution in [0.4, 0.5) is 0 Å². The molecule has 0 saturated carbocycles. The van der Waals surface area contributed by atoms with Gasteiger partial charge in [-0.2, -0.15) is 0 Å². The van der Waals surface area contributed by atoms with E-state index in [0.29, 0.717) is 5.41 Å². The van der Waals surface area contributed by atoms with Crippen molar-refractivity contribution in [3.05, 3.63) is 44.6 Å². The first kappa shape index (κ1) is 19.7. The smallest absolute Gasteiger partial charge is 0.340 e. The number of sulfone groups is 1. The zero-order valence-corrected chi connectivity index (χ0v) is 14.1. The SMILES string of the molecule is O=c1ccn([C@@H]2O[C@H](/C=C/S(=O)(=O)CP(=O)(O)O)[C@@H](O)[C@H]2O)c(=O)[nH]1. The lowest BCUT2D eigenvalue weighted by molar-refractivity contribution is -0.0296. The molecule has 1 aliphatic heterocycles. The Bertz CT molecular complexity index is 929. The molecule has 12 nitrogen and oxygen atoms in total. The van der Waals surface area contributed by atoms with Gasteiger partial charge >= 0.3 is 13.3 Å². The molecule has 0 aromatic carbocycles. The maximum atomic E-state index is 11.7. The third kappa shape index (κ3) is 4.95. The number of aliphatic hydroxyl groups excluding tert-OH is 2. The number of hydrogen-bond acceptors (Lipinski definition) is 8. The van der Waals surface area contributed by atoms with Gasteiger partial charge in [0.15, 0.2) is 21.6 Å². The Labute approximate surface area is 140 Å². The van der Waals surface area contributed by atoms with Crippen LogP contribution in [-0.4, -0.2) is 61.8 Å². The van der Waals surface area contributed by atoms with Gasteiger partial charge in [0.2, 0.25) is 0 Å². The van der Waals surface area contributed by atoms with E-state index in [-0.39, 0.29) is 0 Å². The van der Waals surface area contributed by atoms with E-state index in [0.717, 1.165) is 22.9 Å². The molecular weight excluding hydrogens is 383 g/mol. The first-order valence-electron chi connectivity index (χ1n) is 6.68. The standard InChI is InChI=1S/C11H15N2O10PS/c14-7-1-3-13(11(17)12-7)10-9(16)8(15)6(23-10)2-4-25(21,22)5-24(18,19)20/h1-4,6,8-10,15-16H,5H2,(H,12,14,17)(H2,18,19,20)/b4-2+/t6-,8-,9-,10-/m1/s1. The summed E-state index contributed by atoms with van der Waals surface area (Å²) >= 11 is 0. The average molecular weight is 398 g/mol. The lowest BCUT2D eigenvalue weighted by Gasteiger charge is -2.16. The van der Waals surface area contributed by atoms with Crippen LogP contribution in [0.2, 0.25) is 0 Å². The number of hydrogen-bond donors (Lipinski definition) is 5. The number of ether oxygens (including phenoxy) is 1. The van der Waals surface area contributed by atoms with E-state index in [2.05, 4.69) is 0 Å². The van der Waals surface area contributed by atoms with Crippen LogP contribution in [-0.2, 0) is 19.1 Å². The van der Waals surface area contributed by atoms with Crippen LogP contribution in [0.3, 0.4) is 0 Å². The molecule has 5 N–H and O–H groups in total. The molecule has 0 radical (unpaired) electrons. The minimum atomic E-state index is -4.82. The van der Waals surface area contributed by atoms with Gasteiger partial charge in [-0.25, -0.2) is 13.2 Å². The highest BCUT2D eigenvalue weighted by Gasteiger charge is 2.43. The third-order valence-corrected chi connectivity index (χ3v) is 6.58. The van der Waals surface area contributed by atoms with Gasteiger partial charge in [-0.15, -0.1) is 0 Å². The molecule has 0 spiro atoms. The summed E-state index contributed by atoms with van der Waals surface area (Å²) in [5.74, 6) is 0. The predicted molar refractivity (Wildman–Crippen MR) is 82.2 cm³/mol. The van der Waals surface area contributed by atoms with Gasteiger partial charge in [-0.05, 0) is 6.08 Å². The average Bonchev–Trinajstić information content (AvgIpc) is 2.71. The molecule has 4 atom stereocenters. The van der Waals surface area contributed by atoms with E-state index < -0.39 is 58.7 Å². The Morgan fingerprint density at radius 3 is 2.48 bits per heavy atom. The van der Waals surface area contributed by atoms with Gasteiger partial charge in [0.05, 0.1) is 0 Å². The summed E-state index contributed by atoms with van der Waals surface area (Å²) < 4.78 is 39.9. The van der Waals surface area contributed by atoms with Gasteiger partial charge in [-0.1, -0.05) is 0 Å². The number of nitrogens with zero attached hydrogens (tertiary/aromatic N) is 1. The first-order valence-corrected chi connectivity index (χ1v) is 10.2. The molecule has 1 saturated heterocycles. The Morgan fingerprint density at radius 1 is 1.28 bits per heavy atom. The van der Waals surface area contributed by atoms with E-state index in [4.69, 9.17) is 14.5 Å². The number of aromatic amines is 1. The van der Waals surface area contributed by atoms with Crippen molar-refractivity contribution in [2.75, 3.05) is 5.49 Å². The van der Waals surface area contributed by atoms with E-state index in [1.54, 1.807) is 0 Å². The summed E-state index contributed by atoms with van der Waals surface area (Å²) in [6.45, 7) is 0. The van der Waals surface area contributed by atoms with Crippen LogP contribution in [0.5, 0.6) is 0 Å². The Balaban J connectivity index is 2.22. The molecule has 14 heteroatoms. The number of aliphatic hydroxyl groups is 2. The number of aromatic nitrogens is 2. The fraction of sp³-hybridized carbons (Fsp3) is 0.455. The Morgan fingerprint density at radius 2 is 1.92 bits per heavy atom. The van der Waals surface area contributed by atoms with Gasteiger partial charge in [0.1, 0.15) is 18.3 Å². The third-order valence-electron chi connectivity index (χ3n) is 3.22. The monoisotopic (exact) mass is 398 g/mol. The van der Waals surface area contributed by atoms with Gasteiger partial charge in [-0.3, -0.25) is 18.9 Å². The highest BCUT2D eigenvalue weighted by Crippen LogP contribution is 2.36. The molecule has 1 fully saturated rings. The van der Waals surface area contributed by atoms with E-state index in [1.807, 2.05) is 4.98 Å². The zero-order chi connectivity index (χ0) is 19.0. The maximum Gasteiger partial charge on any atom is 0.340 e. The molecule has 0 unspecified atom stereocenters. The van der Waals surface area contributed by atoms with Crippen molar-refractivity contribution in [3.63, 3.8) is 0 Å². The summed E-state index contributed by atoms with van der Waals surface area (Å²) in [4.78, 5) is 42.0. The molecule has 1 aromatic rings. The fourth-order valence-electron chi connectivity index (χ4n) is 2.18. The lowest BCUT2D eigenvalue weighted by Crippen LogP contribution is -2.37. The zero-order valence-electron chi connectivity index (χ0n) is 12.4. The highest BCUT2D eigenvalue weighted by molar-refractivity contribution is 7.99. The molecule has 0 aliphatic carbocycles. The topological polar surface area (TPSA) is 196 Å². The van der Waals surface area contributed by atoms with Crippen LogP contribution in [0, 0.1) is 0 Å². The normalized spacial score (nSPS) is 27.8. The first-order chi connectivity index (χ1) is 11.4. The number of nitrogens with one attached hydrogen (secondary N) is 1. The van der Waals surface area contributed by atoms with Crippen LogP contribution in [0.15, 0.2) is 33.3 Å². The van der Waals surface area contributed by atoms with Gasteiger partial charge in [0.25, 0.3) is 5.56 Å². The molecule has 0 amide bonds. The summed E-state index contributed by atoms with van der Waals surface area (Å²) in [6, 6.07) is 0.984. The van der Waals surface area contributed by atoms with Crippen molar-refractivity contribution in [1.29, 1.82) is 0 Å². The second kappa shape index (κ2) is 6.96. The van der Waals surface area contributed by atoms with Crippen LogP contribution >= 0.6 is 7.60 Å². The molecule has 0 bridgehead atoms. The molecule has 140 valence electrons. The van der Waals surface area contributed by atoms with Crippen molar-refractivity contribution in [2.45, 2.75) is 24.5 Å². The lowest BCUT2D eigenvalue weighted by atomic mass is 10.1. The second-order valence-corrected chi connectivity index (χ2v) is 9.24. The molecule has 2 rings (SSSR count). The van der Waals surface area contributed by atoms with E-state index in [1.165, 1.54) is 0 Å². The summed E-state index contributed by atoms with van der Waals surface area (Å²) in [6.07, 6.45) is -4.19. The van der Waals surface area contributed by atoms with Crippen LogP contribution < -0.4 is 11.2 Å². The highest BCUT2D eigenvalue weighted by atomic mass is 32.2. The summed E-state index contributed by atoms with van der Waals surface area (Å²) in [5.41, 5.74) is -3.03. The van der Waals surface area contributed by atoms with E-state index >= 15 is 0 Å². The Hall–Kier alpha value is -1.60. The quantitative estimate of drug-likeness (QED) is 0.324. The van der Waals surface area contributed by atoms with Crippen molar-refractivity contribution in [2.24, 2.45) is 0 Å². The van der Waals surface area contributed by atoms with Crippen molar-refractivity contribution < 1.29 is 37.7 Å². The second-order valence-electron chi connectivity index (χ2n) is 5.28. The molecular formula is C11H15N2O10PS. The Kier molecular flexibility index (Phi) is 5.49.